The van der Waals surface area contributed by atoms with Gasteiger partial charge in [0.15, 0.2) is 0 Å². The molecule has 7 nitrogen and oxygen atoms in total. The summed E-state index contributed by atoms with van der Waals surface area (Å²) in [6.45, 7) is 0. The predicted octanol–water partition coefficient (Wildman–Crippen LogP) is 1.82. The Balaban J connectivity index is 2.13. The molecule has 0 unspecified atom stereocenters. The van der Waals surface area contributed by atoms with E-state index in [-0.39, 0.29) is 11.4 Å². The van der Waals surface area contributed by atoms with E-state index in [9.17, 15) is 14.9 Å². The van der Waals surface area contributed by atoms with Gasteiger partial charge < -0.3 is 0 Å². The summed E-state index contributed by atoms with van der Waals surface area (Å²) in [6, 6.07) is 14.8. The maximum atomic E-state index is 11.9. The lowest BCUT2D eigenvalue weighted by Gasteiger charge is -1.95. The van der Waals surface area contributed by atoms with Crippen LogP contribution in [0, 0.1) is 10.1 Å². The molecule has 3 rings (SSSR count). The first-order chi connectivity index (χ1) is 10.2. The second-order valence-corrected chi connectivity index (χ2v) is 4.30. The van der Waals surface area contributed by atoms with Crippen molar-refractivity contribution in [3.8, 4) is 16.9 Å². The van der Waals surface area contributed by atoms with Gasteiger partial charge in [0.25, 0.3) is 5.69 Å². The lowest BCUT2D eigenvalue weighted by Crippen LogP contribution is -2.35. The van der Waals surface area contributed by atoms with E-state index in [1.54, 1.807) is 12.1 Å². The summed E-state index contributed by atoms with van der Waals surface area (Å²) < 4.78 is 6.32. The number of aromatic amines is 1. The van der Waals surface area contributed by atoms with Gasteiger partial charge in [-0.05, 0) is 22.1 Å². The molecule has 1 aromatic heterocycles. The molecule has 0 radical (unpaired) electrons. The van der Waals surface area contributed by atoms with Gasteiger partial charge in [-0.25, -0.2) is 4.79 Å². The van der Waals surface area contributed by atoms with Gasteiger partial charge in [0.2, 0.25) is 5.69 Å². The van der Waals surface area contributed by atoms with Crippen molar-refractivity contribution in [2.45, 2.75) is 0 Å². The van der Waals surface area contributed by atoms with Crippen LogP contribution in [0.1, 0.15) is 0 Å². The molecule has 1 heterocycles. The summed E-state index contributed by atoms with van der Waals surface area (Å²) in [5.74, 6) is 0. The van der Waals surface area contributed by atoms with Gasteiger partial charge in [0.05, 0.1) is 10.5 Å². The van der Waals surface area contributed by atoms with E-state index in [1.807, 2.05) is 18.2 Å². The molecule has 0 fully saturated rings. The molecule has 0 amide bonds. The summed E-state index contributed by atoms with van der Waals surface area (Å²) >= 11 is 0. The van der Waals surface area contributed by atoms with Crippen LogP contribution in [0.15, 0.2) is 63.9 Å². The van der Waals surface area contributed by atoms with Crippen molar-refractivity contribution in [1.29, 1.82) is 0 Å². The second-order valence-electron chi connectivity index (χ2n) is 4.30. The van der Waals surface area contributed by atoms with E-state index in [0.29, 0.717) is 5.56 Å². The highest BCUT2D eigenvalue weighted by Crippen LogP contribution is 2.18. The zero-order valence-corrected chi connectivity index (χ0v) is 10.7. The fourth-order valence-corrected chi connectivity index (χ4v) is 2.02. The number of nitrogens with zero attached hydrogens (tertiary/aromatic N) is 2. The Morgan fingerprint density at radius 1 is 1.05 bits per heavy atom. The Bertz CT molecular complexity index is 835. The number of hydrogen-bond acceptors (Lipinski definition) is 4. The summed E-state index contributed by atoms with van der Waals surface area (Å²) in [4.78, 5) is 22.1. The molecule has 3 aromatic rings. The number of hydrogen-bond donors (Lipinski definition) is 1. The smallest absolute Gasteiger partial charge is 0.282 e. The maximum Gasteiger partial charge on any atom is 0.435 e. The van der Waals surface area contributed by atoms with Gasteiger partial charge in [0, 0.05) is 24.3 Å². The third-order valence-electron chi connectivity index (χ3n) is 3.01. The number of rotatable bonds is 3. The number of non-ortho nitro benzene ring substituents is 1. The van der Waals surface area contributed by atoms with Crippen molar-refractivity contribution in [3.63, 3.8) is 0 Å². The third kappa shape index (κ3) is 2.32. The van der Waals surface area contributed by atoms with Crippen molar-refractivity contribution >= 4 is 5.69 Å². The van der Waals surface area contributed by atoms with Gasteiger partial charge in [-0.15, -0.1) is 0 Å². The van der Waals surface area contributed by atoms with Crippen LogP contribution in [0.3, 0.4) is 0 Å². The predicted molar refractivity (Wildman–Crippen MR) is 73.0 cm³/mol. The first-order valence-electron chi connectivity index (χ1n) is 6.10. The number of nitro benzene ring substituents is 1. The van der Waals surface area contributed by atoms with E-state index >= 15 is 0 Å². The summed E-state index contributed by atoms with van der Waals surface area (Å²) in [6.07, 6.45) is 0. The van der Waals surface area contributed by atoms with Crippen LogP contribution >= 0.6 is 0 Å². The average Bonchev–Trinajstić information content (AvgIpc) is 2.90. The first kappa shape index (κ1) is 12.8. The maximum absolute atomic E-state index is 11.9. The van der Waals surface area contributed by atoms with Crippen molar-refractivity contribution in [2.24, 2.45) is 0 Å². The molecular formula is C14H10N3O4+. The topological polar surface area (TPSA) is 93.0 Å². The number of para-hydroxylation sites is 1. The largest absolute Gasteiger partial charge is 0.435 e. The quantitative estimate of drug-likeness (QED) is 0.451. The molecule has 21 heavy (non-hydrogen) atoms. The van der Waals surface area contributed by atoms with Gasteiger partial charge in [-0.3, -0.25) is 14.6 Å². The molecule has 7 heteroatoms. The van der Waals surface area contributed by atoms with Crippen LogP contribution in [-0.2, 0) is 0 Å². The van der Waals surface area contributed by atoms with Gasteiger partial charge in [-0.2, -0.15) is 0 Å². The number of benzene rings is 2. The highest BCUT2D eigenvalue weighted by molar-refractivity contribution is 5.57. The number of H-pyrrole nitrogens is 1. The zero-order chi connectivity index (χ0) is 14.8. The summed E-state index contributed by atoms with van der Waals surface area (Å²) in [7, 11) is 0. The molecule has 0 atom stereocenters. The molecule has 0 spiro atoms. The normalized spacial score (nSPS) is 10.5. The SMILES string of the molecule is O=c1o[nH][n+](-c2ccccc2)c1-c1ccc([N+](=O)[O-])cc1. The Kier molecular flexibility index (Phi) is 3.07. The van der Waals surface area contributed by atoms with E-state index in [1.165, 1.54) is 28.9 Å². The van der Waals surface area contributed by atoms with Crippen LogP contribution in [0.2, 0.25) is 0 Å². The Hall–Kier alpha value is -3.22. The second kappa shape index (κ2) is 5.04. The monoisotopic (exact) mass is 284 g/mol. The lowest BCUT2D eigenvalue weighted by atomic mass is 10.1. The van der Waals surface area contributed by atoms with E-state index in [2.05, 4.69) is 5.27 Å². The minimum Gasteiger partial charge on any atom is -0.282 e. The molecular weight excluding hydrogens is 274 g/mol. The number of aromatic nitrogens is 2. The summed E-state index contributed by atoms with van der Waals surface area (Å²) in [5.41, 5.74) is 0.935. The molecule has 0 aliphatic rings. The lowest BCUT2D eigenvalue weighted by molar-refractivity contribution is -0.660. The van der Waals surface area contributed by atoms with E-state index in [0.717, 1.165) is 5.69 Å². The Labute approximate surface area is 118 Å². The van der Waals surface area contributed by atoms with Crippen LogP contribution in [0.25, 0.3) is 16.9 Å². The third-order valence-corrected chi connectivity index (χ3v) is 3.01. The minimum atomic E-state index is -0.548. The van der Waals surface area contributed by atoms with Crippen LogP contribution in [0.5, 0.6) is 0 Å². The van der Waals surface area contributed by atoms with E-state index in [4.69, 9.17) is 4.52 Å². The Morgan fingerprint density at radius 2 is 1.71 bits per heavy atom. The standard InChI is InChI=1S/C14H9N3O4/c18-14-13(10-6-8-12(9-7-10)17(19)20)16(15-21-14)11-4-2-1-3-5-11/h1-9H/p+1. The molecule has 0 aliphatic heterocycles. The van der Waals surface area contributed by atoms with Crippen molar-refractivity contribution in [2.75, 3.05) is 0 Å². The highest BCUT2D eigenvalue weighted by atomic mass is 16.6. The summed E-state index contributed by atoms with van der Waals surface area (Å²) in [5, 5.41) is 13.2. The number of nitrogens with one attached hydrogen (secondary N) is 1. The van der Waals surface area contributed by atoms with E-state index < -0.39 is 10.5 Å². The van der Waals surface area contributed by atoms with Crippen molar-refractivity contribution < 1.29 is 14.1 Å². The molecule has 0 aliphatic carbocycles. The minimum absolute atomic E-state index is 0.0371. The molecule has 2 aromatic carbocycles. The fraction of sp³-hybridized carbons (Fsp3) is 0. The van der Waals surface area contributed by atoms with Crippen LogP contribution < -0.4 is 10.3 Å². The number of nitro groups is 1. The highest BCUT2D eigenvalue weighted by Gasteiger charge is 2.25. The van der Waals surface area contributed by atoms with Gasteiger partial charge in [0.1, 0.15) is 0 Å². The van der Waals surface area contributed by atoms with Crippen molar-refractivity contribution in [1.82, 2.24) is 5.27 Å². The fourth-order valence-electron chi connectivity index (χ4n) is 2.02. The van der Waals surface area contributed by atoms with Gasteiger partial charge in [-0.1, -0.05) is 18.2 Å². The van der Waals surface area contributed by atoms with Gasteiger partial charge >= 0.3 is 11.3 Å². The van der Waals surface area contributed by atoms with Crippen LogP contribution in [0.4, 0.5) is 5.69 Å². The average molecular weight is 284 g/mol. The molecule has 0 saturated carbocycles. The molecule has 1 N–H and O–H groups in total. The molecule has 0 saturated heterocycles. The molecule has 104 valence electrons. The van der Waals surface area contributed by atoms with Crippen molar-refractivity contribution in [3.05, 3.63) is 75.1 Å². The zero-order valence-electron chi connectivity index (χ0n) is 10.7. The Morgan fingerprint density at radius 3 is 2.33 bits per heavy atom. The van der Waals surface area contributed by atoms with Crippen LogP contribution in [-0.4, -0.2) is 10.2 Å². The first-order valence-corrected chi connectivity index (χ1v) is 6.10. The molecule has 0 bridgehead atoms.